The van der Waals surface area contributed by atoms with Crippen molar-refractivity contribution < 1.29 is 4.74 Å². The molecule has 5 heteroatoms. The van der Waals surface area contributed by atoms with Crippen molar-refractivity contribution in [2.45, 2.75) is 6.42 Å². The van der Waals surface area contributed by atoms with Gasteiger partial charge in [0.25, 0.3) is 0 Å². The third-order valence-corrected chi connectivity index (χ3v) is 3.90. The quantitative estimate of drug-likeness (QED) is 0.733. The summed E-state index contributed by atoms with van der Waals surface area (Å²) in [5, 5.41) is 3.13. The highest BCUT2D eigenvalue weighted by molar-refractivity contribution is 7.09. The lowest BCUT2D eigenvalue weighted by atomic mass is 10.2. The maximum atomic E-state index is 5.68. The highest BCUT2D eigenvalue weighted by atomic mass is 32.1. The number of hydrogen-bond acceptors (Lipinski definition) is 5. The lowest BCUT2D eigenvalue weighted by Gasteiger charge is -2.04. The molecule has 0 unspecified atom stereocenters. The average molecular weight is 297 g/mol. The highest BCUT2D eigenvalue weighted by Gasteiger charge is 2.04. The second-order valence-electron chi connectivity index (χ2n) is 4.53. The van der Waals surface area contributed by atoms with Gasteiger partial charge in [-0.05, 0) is 36.4 Å². The van der Waals surface area contributed by atoms with Crippen LogP contribution in [0.25, 0.3) is 11.3 Å². The first-order chi connectivity index (χ1) is 10.3. The van der Waals surface area contributed by atoms with Gasteiger partial charge >= 0.3 is 0 Å². The molecule has 106 valence electrons. The van der Waals surface area contributed by atoms with Crippen LogP contribution in [0, 0.1) is 0 Å². The molecular formula is C16H15N3OS. The molecule has 2 N–H and O–H groups in total. The van der Waals surface area contributed by atoms with Gasteiger partial charge in [0.05, 0.1) is 17.3 Å². The second kappa shape index (κ2) is 6.37. The predicted octanol–water partition coefficient (Wildman–Crippen LogP) is 3.41. The molecule has 3 aromatic rings. The molecule has 3 rings (SSSR count). The second-order valence-corrected chi connectivity index (χ2v) is 5.47. The van der Waals surface area contributed by atoms with Crippen LogP contribution in [0.1, 0.15) is 5.01 Å². The lowest BCUT2D eigenvalue weighted by molar-refractivity contribution is 0.322. The van der Waals surface area contributed by atoms with E-state index in [0.717, 1.165) is 34.1 Å². The van der Waals surface area contributed by atoms with Crippen LogP contribution in [0.3, 0.4) is 0 Å². The van der Waals surface area contributed by atoms with E-state index in [4.69, 9.17) is 10.5 Å². The van der Waals surface area contributed by atoms with Crippen LogP contribution in [0.15, 0.2) is 54.2 Å². The summed E-state index contributed by atoms with van der Waals surface area (Å²) in [5.41, 5.74) is 8.46. The zero-order chi connectivity index (χ0) is 14.5. The Kier molecular flexibility index (Phi) is 4.12. The van der Waals surface area contributed by atoms with Gasteiger partial charge in [-0.3, -0.25) is 4.98 Å². The normalized spacial score (nSPS) is 10.5. The number of nitrogens with two attached hydrogens (primary N) is 1. The Morgan fingerprint density at radius 2 is 1.81 bits per heavy atom. The van der Waals surface area contributed by atoms with Gasteiger partial charge in [0.1, 0.15) is 5.75 Å². The first kappa shape index (κ1) is 13.6. The smallest absolute Gasteiger partial charge is 0.119 e. The minimum atomic E-state index is 0.604. The number of nitrogen functional groups attached to an aromatic ring is 1. The van der Waals surface area contributed by atoms with E-state index in [1.807, 2.05) is 36.4 Å². The third kappa shape index (κ3) is 3.58. The highest BCUT2D eigenvalue weighted by Crippen LogP contribution is 2.21. The van der Waals surface area contributed by atoms with E-state index in [9.17, 15) is 0 Å². The Bertz CT molecular complexity index is 695. The van der Waals surface area contributed by atoms with E-state index in [-0.39, 0.29) is 0 Å². The fourth-order valence-electron chi connectivity index (χ4n) is 1.90. The molecule has 21 heavy (non-hydrogen) atoms. The molecule has 0 atom stereocenters. The molecule has 0 saturated carbocycles. The van der Waals surface area contributed by atoms with E-state index >= 15 is 0 Å². The third-order valence-electron chi connectivity index (χ3n) is 2.99. The van der Waals surface area contributed by atoms with Gasteiger partial charge in [-0.2, -0.15) is 0 Å². The molecule has 2 aromatic heterocycles. The van der Waals surface area contributed by atoms with Crippen molar-refractivity contribution in [3.8, 4) is 17.0 Å². The number of hydrogen-bond donors (Lipinski definition) is 1. The van der Waals surface area contributed by atoms with Gasteiger partial charge in [0.15, 0.2) is 0 Å². The number of rotatable bonds is 5. The Labute approximate surface area is 127 Å². The van der Waals surface area contributed by atoms with E-state index < -0.39 is 0 Å². The first-order valence-electron chi connectivity index (χ1n) is 6.64. The van der Waals surface area contributed by atoms with Gasteiger partial charge in [0.2, 0.25) is 0 Å². The molecule has 2 heterocycles. The van der Waals surface area contributed by atoms with Crippen LogP contribution in [-0.4, -0.2) is 16.6 Å². The summed E-state index contributed by atoms with van der Waals surface area (Å²) >= 11 is 1.65. The van der Waals surface area contributed by atoms with Crippen LogP contribution in [-0.2, 0) is 6.42 Å². The van der Waals surface area contributed by atoms with Crippen LogP contribution >= 0.6 is 11.3 Å². The average Bonchev–Trinajstić information content (AvgIpc) is 2.99. The molecule has 0 saturated heterocycles. The lowest BCUT2D eigenvalue weighted by Crippen LogP contribution is -2.01. The Hall–Kier alpha value is -2.40. The molecule has 0 aliphatic rings. The summed E-state index contributed by atoms with van der Waals surface area (Å²) < 4.78 is 5.68. The molecule has 0 spiro atoms. The van der Waals surface area contributed by atoms with Crippen molar-refractivity contribution in [3.05, 3.63) is 59.2 Å². The van der Waals surface area contributed by atoms with E-state index in [0.29, 0.717) is 6.61 Å². The predicted molar refractivity (Wildman–Crippen MR) is 85.4 cm³/mol. The number of thiazole rings is 1. The van der Waals surface area contributed by atoms with Crippen LogP contribution in [0.2, 0.25) is 0 Å². The molecule has 4 nitrogen and oxygen atoms in total. The number of nitrogens with zero attached hydrogens (tertiary/aromatic N) is 2. The first-order valence-corrected chi connectivity index (χ1v) is 7.52. The molecule has 0 aliphatic heterocycles. The van der Waals surface area contributed by atoms with E-state index in [2.05, 4.69) is 15.3 Å². The van der Waals surface area contributed by atoms with Crippen LogP contribution in [0.5, 0.6) is 5.75 Å². The zero-order valence-corrected chi connectivity index (χ0v) is 12.2. The standard InChI is InChI=1S/C16H15N3OS/c17-13-1-3-14(4-2-13)20-10-7-16-19-15(11-21-16)12-5-8-18-9-6-12/h1-6,8-9,11H,7,10,17H2. The molecular weight excluding hydrogens is 282 g/mol. The SMILES string of the molecule is Nc1ccc(OCCc2nc(-c3ccncc3)cs2)cc1. The van der Waals surface area contributed by atoms with Crippen LogP contribution < -0.4 is 10.5 Å². The zero-order valence-electron chi connectivity index (χ0n) is 11.4. The Morgan fingerprint density at radius 1 is 1.05 bits per heavy atom. The van der Waals surface area contributed by atoms with E-state index in [1.165, 1.54) is 0 Å². The molecule has 0 aliphatic carbocycles. The number of aromatic nitrogens is 2. The number of ether oxygens (including phenoxy) is 1. The van der Waals surface area contributed by atoms with Crippen LogP contribution in [0.4, 0.5) is 5.69 Å². The van der Waals surface area contributed by atoms with Crippen molar-refractivity contribution in [3.63, 3.8) is 0 Å². The minimum Gasteiger partial charge on any atom is -0.493 e. The van der Waals surface area contributed by atoms with Gasteiger partial charge in [-0.1, -0.05) is 0 Å². The Morgan fingerprint density at radius 3 is 2.57 bits per heavy atom. The fraction of sp³-hybridized carbons (Fsp3) is 0.125. The summed E-state index contributed by atoms with van der Waals surface area (Å²) in [7, 11) is 0. The molecule has 0 amide bonds. The van der Waals surface area contributed by atoms with Crippen molar-refractivity contribution >= 4 is 17.0 Å². The topological polar surface area (TPSA) is 61.0 Å². The van der Waals surface area contributed by atoms with Crippen molar-refractivity contribution in [1.82, 2.24) is 9.97 Å². The Balaban J connectivity index is 1.57. The summed E-state index contributed by atoms with van der Waals surface area (Å²) in [6.45, 7) is 0.604. The van der Waals surface area contributed by atoms with Crippen molar-refractivity contribution in [2.24, 2.45) is 0 Å². The molecule has 0 radical (unpaired) electrons. The largest absolute Gasteiger partial charge is 0.493 e. The summed E-state index contributed by atoms with van der Waals surface area (Å²) in [5.74, 6) is 0.829. The monoisotopic (exact) mass is 297 g/mol. The van der Waals surface area contributed by atoms with Crippen molar-refractivity contribution in [2.75, 3.05) is 12.3 Å². The summed E-state index contributed by atoms with van der Waals surface area (Å²) in [4.78, 5) is 8.63. The van der Waals surface area contributed by atoms with E-state index in [1.54, 1.807) is 23.7 Å². The molecule has 0 bridgehead atoms. The number of benzene rings is 1. The summed E-state index contributed by atoms with van der Waals surface area (Å²) in [6.07, 6.45) is 4.34. The number of anilines is 1. The minimum absolute atomic E-state index is 0.604. The maximum Gasteiger partial charge on any atom is 0.119 e. The number of pyridine rings is 1. The molecule has 0 fully saturated rings. The van der Waals surface area contributed by atoms with Gasteiger partial charge < -0.3 is 10.5 Å². The van der Waals surface area contributed by atoms with Gasteiger partial charge in [-0.15, -0.1) is 11.3 Å². The van der Waals surface area contributed by atoms with Gasteiger partial charge in [-0.25, -0.2) is 4.98 Å². The molecule has 1 aromatic carbocycles. The summed E-state index contributed by atoms with van der Waals surface area (Å²) in [6, 6.07) is 11.3. The van der Waals surface area contributed by atoms with Gasteiger partial charge in [0, 0.05) is 35.4 Å². The maximum absolute atomic E-state index is 5.68. The fourth-order valence-corrected chi connectivity index (χ4v) is 2.69. The van der Waals surface area contributed by atoms with Crippen molar-refractivity contribution in [1.29, 1.82) is 0 Å².